The molecule has 1 atom stereocenters. The molecule has 156 valence electrons. The van der Waals surface area contributed by atoms with Crippen molar-refractivity contribution in [3.8, 4) is 5.75 Å². The van der Waals surface area contributed by atoms with Gasteiger partial charge in [-0.3, -0.25) is 0 Å². The molecule has 6 heteroatoms. The molecule has 1 nitrogen and oxygen atoms in total. The van der Waals surface area contributed by atoms with Gasteiger partial charge in [0.2, 0.25) is 0 Å². The summed E-state index contributed by atoms with van der Waals surface area (Å²) in [6.07, 6.45) is 0. The van der Waals surface area contributed by atoms with E-state index in [1.165, 1.54) is 26.8 Å². The van der Waals surface area contributed by atoms with Gasteiger partial charge in [0.05, 0.1) is 7.92 Å². The summed E-state index contributed by atoms with van der Waals surface area (Å²) in [7, 11) is 9.07. The quantitative estimate of drug-likeness (QED) is 0.284. The van der Waals surface area contributed by atoms with Crippen molar-refractivity contribution in [2.45, 2.75) is 6.92 Å². The van der Waals surface area contributed by atoms with E-state index in [0.29, 0.717) is 14.3 Å². The second kappa shape index (κ2) is 12.8. The molecule has 1 N–H and O–H groups in total. The molecule has 0 fully saturated rings. The maximum atomic E-state index is 10.3. The number of aryl methyl sites for hydroxylation is 1. The van der Waals surface area contributed by atoms with Crippen LogP contribution < -0.4 is 26.5 Å². The van der Waals surface area contributed by atoms with Gasteiger partial charge < -0.3 is 5.11 Å². The molecule has 0 spiro atoms. The molecule has 0 bridgehead atoms. The van der Waals surface area contributed by atoms with Gasteiger partial charge in [-0.2, -0.15) is 0 Å². The molecule has 0 heterocycles. The van der Waals surface area contributed by atoms with Crippen LogP contribution in [0.5, 0.6) is 5.75 Å². The molecule has 0 saturated carbocycles. The Kier molecular flexibility index (Phi) is 10.1. The average Bonchev–Trinajstić information content (AvgIpc) is 2.79. The van der Waals surface area contributed by atoms with Gasteiger partial charge in [0.15, 0.2) is 0 Å². The fourth-order valence-electron chi connectivity index (χ4n) is 3.44. The number of hydrogen-bond donors (Lipinski definition) is 1. The van der Waals surface area contributed by atoms with Gasteiger partial charge in [-0.25, -0.2) is 0 Å². The van der Waals surface area contributed by atoms with Crippen LogP contribution in [-0.2, 0) is 17.0 Å². The van der Waals surface area contributed by atoms with Crippen LogP contribution in [0.25, 0.3) is 0 Å². The Labute approximate surface area is 204 Å². The van der Waals surface area contributed by atoms with Crippen molar-refractivity contribution in [1.29, 1.82) is 0 Å². The molecule has 4 rings (SSSR count). The Morgan fingerprint density at radius 1 is 0.710 bits per heavy atom. The van der Waals surface area contributed by atoms with Crippen molar-refractivity contribution >= 4 is 61.6 Å². The maximum absolute atomic E-state index is 10.3. The van der Waals surface area contributed by atoms with E-state index in [9.17, 15) is 5.11 Å². The zero-order chi connectivity index (χ0) is 22.1. The fourth-order valence-corrected chi connectivity index (χ4v) is 7.88. The van der Waals surface area contributed by atoms with Crippen molar-refractivity contribution in [1.82, 2.24) is 0 Å². The van der Waals surface area contributed by atoms with E-state index in [-0.39, 0.29) is 0 Å². The molecular weight excluding hydrogens is 497 g/mol. The summed E-state index contributed by atoms with van der Waals surface area (Å²) in [6.45, 7) is 2.18. The first kappa shape index (κ1) is 24.5. The van der Waals surface area contributed by atoms with Crippen molar-refractivity contribution in [2.75, 3.05) is 0 Å². The van der Waals surface area contributed by atoms with E-state index in [2.05, 4.69) is 85.8 Å². The monoisotopic (exact) mass is 519 g/mol. The first-order valence-electron chi connectivity index (χ1n) is 9.74. The van der Waals surface area contributed by atoms with Crippen LogP contribution in [0.4, 0.5) is 0 Å². The van der Waals surface area contributed by atoms with E-state index in [1.807, 2.05) is 18.2 Å². The summed E-state index contributed by atoms with van der Waals surface area (Å²) in [5.41, 5.74) is 1.29. The van der Waals surface area contributed by atoms with Gasteiger partial charge in [-0.05, 0) is 48.9 Å². The molecule has 0 aliphatic rings. The summed E-state index contributed by atoms with van der Waals surface area (Å²) in [6, 6.07) is 36.0. The zero-order valence-electron chi connectivity index (χ0n) is 17.0. The van der Waals surface area contributed by atoms with Crippen molar-refractivity contribution in [2.24, 2.45) is 0 Å². The van der Waals surface area contributed by atoms with Crippen LogP contribution in [0.3, 0.4) is 0 Å². The molecule has 31 heavy (non-hydrogen) atoms. The normalized spacial score (nSPS) is 10.7. The minimum atomic E-state index is -1.14. The number of rotatable bonds is 5. The molecule has 0 radical (unpaired) electrons. The van der Waals surface area contributed by atoms with Crippen molar-refractivity contribution in [3.05, 3.63) is 109 Å². The van der Waals surface area contributed by atoms with Gasteiger partial charge in [0.1, 0.15) is 21.7 Å². The predicted molar refractivity (Wildman–Crippen MR) is 139 cm³/mol. The van der Waals surface area contributed by atoms with E-state index >= 15 is 0 Å². The SMILES string of the molecule is Cc1cccc([PH+](c2ccccc2)c2ccccc2)c1Pc1ccccc1O.[Cl][Ti][Cl]. The number of aromatic hydroxyl groups is 1. The number of halogens is 2. The number of phenolic OH excluding ortho intramolecular Hbond substituents is 1. The molecule has 1 unspecified atom stereocenters. The molecule has 4 aromatic rings. The Morgan fingerprint density at radius 3 is 1.77 bits per heavy atom. The molecule has 0 aliphatic heterocycles. The Morgan fingerprint density at radius 2 is 1.23 bits per heavy atom. The third-order valence-electron chi connectivity index (χ3n) is 4.83. The molecule has 0 saturated heterocycles. The zero-order valence-corrected chi connectivity index (χ0v) is 22.1. The summed E-state index contributed by atoms with van der Waals surface area (Å²) < 4.78 is 0. The Balaban J connectivity index is 0.000000858. The fraction of sp³-hybridized carbons (Fsp3) is 0.0400. The second-order valence-corrected chi connectivity index (χ2v) is 13.1. The number of benzene rings is 4. The van der Waals surface area contributed by atoms with Gasteiger partial charge in [-0.15, -0.1) is 0 Å². The van der Waals surface area contributed by atoms with Gasteiger partial charge in [0.25, 0.3) is 0 Å². The third-order valence-corrected chi connectivity index (χ3v) is 9.46. The summed E-state index contributed by atoms with van der Waals surface area (Å²) in [5.74, 6) is 0.378. The van der Waals surface area contributed by atoms with Crippen LogP contribution >= 0.6 is 35.1 Å². The summed E-state index contributed by atoms with van der Waals surface area (Å²) in [4.78, 5) is 0. The van der Waals surface area contributed by atoms with Crippen LogP contribution in [0, 0.1) is 6.92 Å². The van der Waals surface area contributed by atoms with Gasteiger partial charge in [-0.1, -0.05) is 75.3 Å². The predicted octanol–water partition coefficient (Wildman–Crippen LogP) is 5.20. The van der Waals surface area contributed by atoms with Crippen LogP contribution in [-0.4, -0.2) is 5.11 Å². The summed E-state index contributed by atoms with van der Waals surface area (Å²) >= 11 is -0.556. The van der Waals surface area contributed by atoms with E-state index in [1.54, 1.807) is 6.07 Å². The average molecular weight is 520 g/mol. The van der Waals surface area contributed by atoms with E-state index in [4.69, 9.17) is 18.6 Å². The molecule has 0 aliphatic carbocycles. The van der Waals surface area contributed by atoms with Crippen LogP contribution in [0.2, 0.25) is 0 Å². The number of para-hydroxylation sites is 1. The number of phenols is 1. The molecular formula is C25H23Cl2OP2Ti+. The van der Waals surface area contributed by atoms with Crippen LogP contribution in [0.15, 0.2) is 103 Å². The Hall–Kier alpha value is -1.17. The Bertz CT molecular complexity index is 1060. The van der Waals surface area contributed by atoms with E-state index < -0.39 is 25.0 Å². The first-order valence-corrected chi connectivity index (χ1v) is 16.5. The van der Waals surface area contributed by atoms with Crippen molar-refractivity contribution < 1.29 is 22.1 Å². The third kappa shape index (κ3) is 6.66. The molecule has 0 aromatic heterocycles. The summed E-state index contributed by atoms with van der Waals surface area (Å²) in [5, 5.41) is 16.9. The van der Waals surface area contributed by atoms with E-state index in [0.717, 1.165) is 5.30 Å². The minimum absolute atomic E-state index is 0.378. The standard InChI is InChI=1S/C25H22OP2.2ClH.Ti/c1-19-11-10-18-24(25(19)27-23-17-9-8-16-22(23)26)28(20-12-4-2-5-13-20)21-14-6-3-7-15-21;;;/h2-18,26-27H,1H3;2*1H;/q;;;+2/p-1. The first-order chi connectivity index (χ1) is 15.2. The van der Waals surface area contributed by atoms with Crippen molar-refractivity contribution in [3.63, 3.8) is 0 Å². The van der Waals surface area contributed by atoms with Crippen LogP contribution in [0.1, 0.15) is 5.56 Å². The van der Waals surface area contributed by atoms with Gasteiger partial charge in [0, 0.05) is 10.6 Å². The molecule has 0 amide bonds. The molecule has 4 aromatic carbocycles. The van der Waals surface area contributed by atoms with Gasteiger partial charge >= 0.3 is 35.6 Å². The number of hydrogen-bond acceptors (Lipinski definition) is 1. The second-order valence-electron chi connectivity index (χ2n) is 6.82. The topological polar surface area (TPSA) is 20.2 Å².